The first-order valence-electron chi connectivity index (χ1n) is 5.21. The molecule has 17 heavy (non-hydrogen) atoms. The molecule has 1 unspecified atom stereocenters. The van der Waals surface area contributed by atoms with Gasteiger partial charge >= 0.3 is 0 Å². The molecule has 0 aliphatic rings. The van der Waals surface area contributed by atoms with Crippen LogP contribution in [0.4, 0.5) is 8.78 Å². The van der Waals surface area contributed by atoms with Crippen LogP contribution in [0.2, 0.25) is 0 Å². The van der Waals surface area contributed by atoms with Crippen LogP contribution >= 0.6 is 0 Å². The summed E-state index contributed by atoms with van der Waals surface area (Å²) in [6, 6.07) is 3.15. The van der Waals surface area contributed by atoms with Gasteiger partial charge in [-0.05, 0) is 24.7 Å². The van der Waals surface area contributed by atoms with Gasteiger partial charge < -0.3 is 9.88 Å². The summed E-state index contributed by atoms with van der Waals surface area (Å²) in [6.45, 7) is 0. The Morgan fingerprint density at radius 1 is 1.24 bits per heavy atom. The van der Waals surface area contributed by atoms with Crippen molar-refractivity contribution in [2.24, 2.45) is 7.05 Å². The van der Waals surface area contributed by atoms with Crippen molar-refractivity contribution in [3.8, 4) is 0 Å². The van der Waals surface area contributed by atoms with Gasteiger partial charge in [-0.15, -0.1) is 0 Å². The Labute approximate surface area is 98.1 Å². The van der Waals surface area contributed by atoms with Gasteiger partial charge in [0.05, 0.1) is 18.1 Å². The molecule has 2 aromatic rings. The highest BCUT2D eigenvalue weighted by Crippen LogP contribution is 2.21. The van der Waals surface area contributed by atoms with Gasteiger partial charge in [-0.2, -0.15) is 0 Å². The number of imidazole rings is 1. The summed E-state index contributed by atoms with van der Waals surface area (Å²) in [5.74, 6) is -1.17. The fourth-order valence-corrected chi connectivity index (χ4v) is 1.81. The first-order valence-corrected chi connectivity index (χ1v) is 5.21. The van der Waals surface area contributed by atoms with E-state index in [1.54, 1.807) is 17.9 Å². The van der Waals surface area contributed by atoms with Crippen molar-refractivity contribution >= 4 is 0 Å². The molecule has 90 valence electrons. The Balaban J connectivity index is 2.41. The quantitative estimate of drug-likeness (QED) is 0.885. The van der Waals surface area contributed by atoms with E-state index in [0.29, 0.717) is 5.56 Å². The van der Waals surface area contributed by atoms with Gasteiger partial charge in [0.1, 0.15) is 11.6 Å². The second-order valence-electron chi connectivity index (χ2n) is 3.89. The van der Waals surface area contributed by atoms with Crippen LogP contribution in [0.3, 0.4) is 0 Å². The largest absolute Gasteiger partial charge is 0.340 e. The molecule has 0 fully saturated rings. The zero-order valence-electron chi connectivity index (χ0n) is 9.61. The van der Waals surface area contributed by atoms with Crippen LogP contribution in [0.15, 0.2) is 30.7 Å². The van der Waals surface area contributed by atoms with Crippen LogP contribution in [-0.2, 0) is 7.05 Å². The van der Waals surface area contributed by atoms with E-state index in [2.05, 4.69) is 10.3 Å². The Kier molecular flexibility index (Phi) is 3.19. The Hall–Kier alpha value is -1.75. The first kappa shape index (κ1) is 11.7. The predicted molar refractivity (Wildman–Crippen MR) is 60.5 cm³/mol. The van der Waals surface area contributed by atoms with Crippen molar-refractivity contribution in [3.63, 3.8) is 0 Å². The van der Waals surface area contributed by atoms with Crippen LogP contribution in [0, 0.1) is 11.6 Å². The fraction of sp³-hybridized carbons (Fsp3) is 0.250. The lowest BCUT2D eigenvalue weighted by molar-refractivity contribution is 0.570. The minimum absolute atomic E-state index is 0.318. The third kappa shape index (κ3) is 2.50. The van der Waals surface area contributed by atoms with Crippen LogP contribution in [-0.4, -0.2) is 16.6 Å². The molecule has 0 saturated heterocycles. The normalized spacial score (nSPS) is 12.7. The third-order valence-corrected chi connectivity index (χ3v) is 2.53. The molecular weight excluding hydrogens is 224 g/mol. The van der Waals surface area contributed by atoms with Gasteiger partial charge in [-0.25, -0.2) is 13.8 Å². The average Bonchev–Trinajstić information content (AvgIpc) is 2.64. The van der Waals surface area contributed by atoms with Gasteiger partial charge in [-0.1, -0.05) is 0 Å². The van der Waals surface area contributed by atoms with Gasteiger partial charge in [0.15, 0.2) is 0 Å². The molecule has 3 nitrogen and oxygen atoms in total. The van der Waals surface area contributed by atoms with E-state index in [1.807, 2.05) is 13.2 Å². The molecule has 2 rings (SSSR count). The van der Waals surface area contributed by atoms with E-state index in [1.165, 1.54) is 12.1 Å². The summed E-state index contributed by atoms with van der Waals surface area (Å²) in [6.07, 6.45) is 3.46. The highest BCUT2D eigenvalue weighted by atomic mass is 19.1. The smallest absolute Gasteiger partial charge is 0.126 e. The zero-order chi connectivity index (χ0) is 12.4. The van der Waals surface area contributed by atoms with Gasteiger partial charge in [0.2, 0.25) is 0 Å². The number of rotatable bonds is 3. The number of nitrogens with one attached hydrogen (secondary N) is 1. The molecule has 0 aliphatic heterocycles. The molecule has 0 bridgehead atoms. The summed E-state index contributed by atoms with van der Waals surface area (Å²) in [5, 5.41) is 2.99. The van der Waals surface area contributed by atoms with Gasteiger partial charge in [0.25, 0.3) is 0 Å². The van der Waals surface area contributed by atoms with E-state index < -0.39 is 11.6 Å². The summed E-state index contributed by atoms with van der Waals surface area (Å²) in [5.41, 5.74) is 1.24. The lowest BCUT2D eigenvalue weighted by Gasteiger charge is -2.14. The van der Waals surface area contributed by atoms with Crippen molar-refractivity contribution in [3.05, 3.63) is 53.6 Å². The van der Waals surface area contributed by atoms with Gasteiger partial charge in [0, 0.05) is 19.3 Å². The van der Waals surface area contributed by atoms with Crippen LogP contribution in [0.1, 0.15) is 17.3 Å². The van der Waals surface area contributed by atoms with E-state index in [4.69, 9.17) is 0 Å². The molecule has 5 heteroatoms. The Morgan fingerprint density at radius 2 is 1.88 bits per heavy atom. The average molecular weight is 237 g/mol. The molecule has 0 spiro atoms. The zero-order valence-corrected chi connectivity index (χ0v) is 9.61. The maximum Gasteiger partial charge on any atom is 0.126 e. The van der Waals surface area contributed by atoms with E-state index in [9.17, 15) is 8.78 Å². The lowest BCUT2D eigenvalue weighted by atomic mass is 10.0. The number of hydrogen-bond donors (Lipinski definition) is 1. The van der Waals surface area contributed by atoms with Crippen LogP contribution in [0.25, 0.3) is 0 Å². The molecule has 0 radical (unpaired) electrons. The maximum atomic E-state index is 13.2. The maximum absolute atomic E-state index is 13.2. The SMILES string of the molecule is CNC(c1cc(F)cc(F)c1)c1cn(C)cn1. The molecule has 1 heterocycles. The highest BCUT2D eigenvalue weighted by Gasteiger charge is 2.16. The molecule has 1 aromatic heterocycles. The molecule has 1 N–H and O–H groups in total. The second kappa shape index (κ2) is 4.63. The highest BCUT2D eigenvalue weighted by molar-refractivity contribution is 5.28. The molecular formula is C12H13F2N3. The number of aryl methyl sites for hydroxylation is 1. The summed E-state index contributed by atoms with van der Waals surface area (Å²) in [4.78, 5) is 4.18. The van der Waals surface area contributed by atoms with Crippen molar-refractivity contribution in [2.45, 2.75) is 6.04 Å². The summed E-state index contributed by atoms with van der Waals surface area (Å²) < 4.78 is 28.1. The van der Waals surface area contributed by atoms with E-state index in [0.717, 1.165) is 11.8 Å². The predicted octanol–water partition coefficient (Wildman–Crippen LogP) is 2.01. The molecule has 1 aromatic carbocycles. The van der Waals surface area contributed by atoms with E-state index >= 15 is 0 Å². The number of hydrogen-bond acceptors (Lipinski definition) is 2. The standard InChI is InChI=1S/C12H13F2N3/c1-15-12(11-6-17(2)7-16-11)8-3-9(13)5-10(14)4-8/h3-7,12,15H,1-2H3. The monoisotopic (exact) mass is 237 g/mol. The van der Waals surface area contributed by atoms with Crippen molar-refractivity contribution in [1.29, 1.82) is 0 Å². The minimum atomic E-state index is -0.587. The topological polar surface area (TPSA) is 29.9 Å². The first-order chi connectivity index (χ1) is 8.10. The number of nitrogens with zero attached hydrogens (tertiary/aromatic N) is 2. The molecule has 1 atom stereocenters. The van der Waals surface area contributed by atoms with Crippen LogP contribution in [0.5, 0.6) is 0 Å². The van der Waals surface area contributed by atoms with Gasteiger partial charge in [-0.3, -0.25) is 0 Å². The van der Waals surface area contributed by atoms with Crippen molar-refractivity contribution in [1.82, 2.24) is 14.9 Å². The number of aromatic nitrogens is 2. The molecule has 0 aliphatic carbocycles. The van der Waals surface area contributed by atoms with Crippen LogP contribution < -0.4 is 5.32 Å². The molecule has 0 amide bonds. The summed E-state index contributed by atoms with van der Waals surface area (Å²) >= 11 is 0. The number of halogens is 2. The third-order valence-electron chi connectivity index (χ3n) is 2.53. The fourth-order valence-electron chi connectivity index (χ4n) is 1.81. The van der Waals surface area contributed by atoms with Crippen molar-refractivity contribution in [2.75, 3.05) is 7.05 Å². The van der Waals surface area contributed by atoms with E-state index in [-0.39, 0.29) is 6.04 Å². The summed E-state index contributed by atoms with van der Waals surface area (Å²) in [7, 11) is 3.57. The Morgan fingerprint density at radius 3 is 2.35 bits per heavy atom. The lowest BCUT2D eigenvalue weighted by Crippen LogP contribution is -2.18. The number of benzene rings is 1. The Bertz CT molecular complexity index is 502. The second-order valence-corrected chi connectivity index (χ2v) is 3.89. The van der Waals surface area contributed by atoms with Crippen molar-refractivity contribution < 1.29 is 8.78 Å². The molecule has 0 saturated carbocycles. The minimum Gasteiger partial charge on any atom is -0.340 e.